The number of halogens is 1. The Balaban J connectivity index is 2.05. The molecule has 1 aromatic heterocycles. The van der Waals surface area contributed by atoms with Crippen LogP contribution in [0.5, 0.6) is 0 Å². The van der Waals surface area contributed by atoms with E-state index in [0.29, 0.717) is 22.2 Å². The van der Waals surface area contributed by atoms with Crippen molar-refractivity contribution in [3.63, 3.8) is 0 Å². The number of carbonyl (C=O) groups excluding carboxylic acids is 2. The molecule has 170 valence electrons. The molecular formula is C25H19FN4O4. The lowest BCUT2D eigenvalue weighted by atomic mass is 9.81. The molecule has 0 bridgehead atoms. The average molecular weight is 458 g/mol. The van der Waals surface area contributed by atoms with Gasteiger partial charge in [0.05, 0.1) is 54.8 Å². The molecule has 2 heterocycles. The maximum atomic E-state index is 13.6. The van der Waals surface area contributed by atoms with Crippen molar-refractivity contribution in [2.75, 3.05) is 19.1 Å². The highest BCUT2D eigenvalue weighted by Crippen LogP contribution is 2.43. The number of nitriles is 1. The molecule has 0 saturated carbocycles. The van der Waals surface area contributed by atoms with Crippen molar-refractivity contribution in [3.8, 4) is 6.07 Å². The van der Waals surface area contributed by atoms with Gasteiger partial charge in [0.1, 0.15) is 17.3 Å². The van der Waals surface area contributed by atoms with E-state index in [-0.39, 0.29) is 22.7 Å². The maximum absolute atomic E-state index is 13.6. The zero-order valence-electron chi connectivity index (χ0n) is 18.3. The number of aromatic nitrogens is 1. The minimum Gasteiger partial charge on any atom is -0.466 e. The number of carbonyl (C=O) groups is 2. The molecule has 1 atom stereocenters. The van der Waals surface area contributed by atoms with Crippen LogP contribution in [0.25, 0.3) is 10.9 Å². The summed E-state index contributed by atoms with van der Waals surface area (Å²) < 4.78 is 23.6. The topological polar surface area (TPSA) is 119 Å². The van der Waals surface area contributed by atoms with Gasteiger partial charge in [-0.15, -0.1) is 0 Å². The highest BCUT2D eigenvalue weighted by molar-refractivity contribution is 6.06. The fraction of sp³-hybridized carbons (Fsp3) is 0.120. The van der Waals surface area contributed by atoms with E-state index in [1.807, 2.05) is 0 Å². The van der Waals surface area contributed by atoms with Gasteiger partial charge >= 0.3 is 11.9 Å². The summed E-state index contributed by atoms with van der Waals surface area (Å²) >= 11 is 0. The molecular weight excluding hydrogens is 439 g/mol. The minimum absolute atomic E-state index is 0.0476. The molecule has 0 aliphatic carbocycles. The van der Waals surface area contributed by atoms with Gasteiger partial charge in [0.15, 0.2) is 0 Å². The summed E-state index contributed by atoms with van der Waals surface area (Å²) in [6.45, 7) is 0. The van der Waals surface area contributed by atoms with Crippen LogP contribution in [0.3, 0.4) is 0 Å². The largest absolute Gasteiger partial charge is 0.466 e. The zero-order chi connectivity index (χ0) is 24.4. The van der Waals surface area contributed by atoms with Crippen LogP contribution in [0, 0.1) is 17.1 Å². The third-order valence-corrected chi connectivity index (χ3v) is 5.50. The van der Waals surface area contributed by atoms with Crippen molar-refractivity contribution in [3.05, 3.63) is 94.8 Å². The Morgan fingerprint density at radius 3 is 2.44 bits per heavy atom. The van der Waals surface area contributed by atoms with E-state index in [1.165, 1.54) is 25.2 Å². The first-order valence-electron chi connectivity index (χ1n) is 10.1. The molecule has 0 radical (unpaired) electrons. The second kappa shape index (κ2) is 9.03. The SMILES string of the molecule is COC(=O)C1=C(C(=O)OC)N(c2ccc3cc(F)cnc3c2)C(N)=C(C#N)C1c1ccccc1. The van der Waals surface area contributed by atoms with Crippen LogP contribution < -0.4 is 10.6 Å². The highest BCUT2D eigenvalue weighted by Gasteiger charge is 2.43. The number of hydrogen-bond acceptors (Lipinski definition) is 8. The van der Waals surface area contributed by atoms with E-state index in [1.54, 1.807) is 48.5 Å². The Hall–Kier alpha value is -4.71. The van der Waals surface area contributed by atoms with Gasteiger partial charge in [0.2, 0.25) is 0 Å². The molecule has 2 aromatic carbocycles. The van der Waals surface area contributed by atoms with Crippen LogP contribution in [0.15, 0.2) is 83.5 Å². The molecule has 0 saturated heterocycles. The first kappa shape index (κ1) is 22.5. The van der Waals surface area contributed by atoms with Gasteiger partial charge in [0.25, 0.3) is 0 Å². The molecule has 0 amide bonds. The first-order valence-corrected chi connectivity index (χ1v) is 10.1. The summed E-state index contributed by atoms with van der Waals surface area (Å²) in [7, 11) is 2.35. The fourth-order valence-electron chi connectivity index (χ4n) is 4.00. The zero-order valence-corrected chi connectivity index (χ0v) is 18.3. The lowest BCUT2D eigenvalue weighted by molar-refractivity contribution is -0.139. The van der Waals surface area contributed by atoms with Gasteiger partial charge in [-0.05, 0) is 23.8 Å². The third kappa shape index (κ3) is 3.71. The molecule has 4 rings (SSSR count). The number of hydrogen-bond donors (Lipinski definition) is 1. The molecule has 1 aliphatic rings. The molecule has 34 heavy (non-hydrogen) atoms. The lowest BCUT2D eigenvalue weighted by Crippen LogP contribution is -2.40. The van der Waals surface area contributed by atoms with E-state index >= 15 is 0 Å². The van der Waals surface area contributed by atoms with Crippen LogP contribution in [-0.2, 0) is 19.1 Å². The summed E-state index contributed by atoms with van der Waals surface area (Å²) in [5, 5.41) is 10.6. The summed E-state index contributed by atoms with van der Waals surface area (Å²) in [6, 6.07) is 16.8. The predicted molar refractivity (Wildman–Crippen MR) is 121 cm³/mol. The highest BCUT2D eigenvalue weighted by atomic mass is 19.1. The molecule has 8 nitrogen and oxygen atoms in total. The molecule has 0 spiro atoms. The number of benzene rings is 2. The number of esters is 2. The van der Waals surface area contributed by atoms with Crippen LogP contribution in [0.4, 0.5) is 10.1 Å². The Labute approximate surface area is 194 Å². The summed E-state index contributed by atoms with van der Waals surface area (Å²) in [5.41, 5.74) is 7.52. The molecule has 1 unspecified atom stereocenters. The molecule has 1 aliphatic heterocycles. The van der Waals surface area contributed by atoms with Gasteiger partial charge in [-0.2, -0.15) is 5.26 Å². The van der Waals surface area contributed by atoms with Crippen LogP contribution in [0.1, 0.15) is 11.5 Å². The number of methoxy groups -OCH3 is 2. The van der Waals surface area contributed by atoms with E-state index in [2.05, 4.69) is 11.1 Å². The molecule has 9 heteroatoms. The standard InChI is InChI=1S/C25H19FN4O4/c1-33-24(31)21-20(14-6-4-3-5-7-14)18(12-27)23(28)30(22(21)25(32)34-2)17-9-8-15-10-16(26)13-29-19(15)11-17/h3-11,13,20H,28H2,1-2H3. The number of allylic oxidation sites excluding steroid dienone is 1. The van der Waals surface area contributed by atoms with E-state index in [4.69, 9.17) is 15.2 Å². The Morgan fingerprint density at radius 1 is 1.09 bits per heavy atom. The van der Waals surface area contributed by atoms with Crippen molar-refractivity contribution < 1.29 is 23.5 Å². The van der Waals surface area contributed by atoms with Crippen molar-refractivity contribution in [2.24, 2.45) is 5.73 Å². The number of fused-ring (bicyclic) bond motifs is 1. The fourth-order valence-corrected chi connectivity index (χ4v) is 4.00. The predicted octanol–water partition coefficient (Wildman–Crippen LogP) is 3.27. The summed E-state index contributed by atoms with van der Waals surface area (Å²) in [6.07, 6.45) is 1.06. The average Bonchev–Trinajstić information content (AvgIpc) is 2.87. The molecule has 2 N–H and O–H groups in total. The number of rotatable bonds is 4. The van der Waals surface area contributed by atoms with Crippen LogP contribution in [-0.4, -0.2) is 31.1 Å². The Kier molecular flexibility index (Phi) is 5.97. The number of nitrogens with two attached hydrogens (primary N) is 1. The summed E-state index contributed by atoms with van der Waals surface area (Å²) in [4.78, 5) is 31.4. The quantitative estimate of drug-likeness (QED) is 0.592. The smallest absolute Gasteiger partial charge is 0.355 e. The Bertz CT molecular complexity index is 1410. The van der Waals surface area contributed by atoms with Crippen molar-refractivity contribution >= 4 is 28.5 Å². The van der Waals surface area contributed by atoms with Gasteiger partial charge in [-0.1, -0.05) is 36.4 Å². The van der Waals surface area contributed by atoms with Gasteiger partial charge in [-0.25, -0.2) is 14.0 Å². The summed E-state index contributed by atoms with van der Waals surface area (Å²) in [5.74, 6) is -3.20. The monoisotopic (exact) mass is 458 g/mol. The van der Waals surface area contributed by atoms with Crippen molar-refractivity contribution in [1.82, 2.24) is 4.98 Å². The maximum Gasteiger partial charge on any atom is 0.355 e. The number of anilines is 1. The molecule has 0 fully saturated rings. The van der Waals surface area contributed by atoms with E-state index < -0.39 is 23.7 Å². The van der Waals surface area contributed by atoms with Gasteiger partial charge in [-0.3, -0.25) is 9.88 Å². The minimum atomic E-state index is -0.961. The van der Waals surface area contributed by atoms with Gasteiger partial charge in [0, 0.05) is 5.39 Å². The van der Waals surface area contributed by atoms with Crippen molar-refractivity contribution in [2.45, 2.75) is 5.92 Å². The van der Waals surface area contributed by atoms with Crippen LogP contribution >= 0.6 is 0 Å². The lowest BCUT2D eigenvalue weighted by Gasteiger charge is -2.35. The van der Waals surface area contributed by atoms with E-state index in [9.17, 15) is 19.2 Å². The van der Waals surface area contributed by atoms with E-state index in [0.717, 1.165) is 6.20 Å². The normalized spacial score (nSPS) is 15.8. The van der Waals surface area contributed by atoms with Gasteiger partial charge < -0.3 is 15.2 Å². The number of ether oxygens (including phenoxy) is 2. The van der Waals surface area contributed by atoms with Crippen LogP contribution in [0.2, 0.25) is 0 Å². The van der Waals surface area contributed by atoms with Crippen molar-refractivity contribution in [1.29, 1.82) is 5.26 Å². The number of pyridine rings is 1. The Morgan fingerprint density at radius 2 is 1.79 bits per heavy atom. The third-order valence-electron chi connectivity index (χ3n) is 5.50. The first-order chi connectivity index (χ1) is 16.4. The molecule has 3 aromatic rings. The second-order valence-corrected chi connectivity index (χ2v) is 7.37. The second-order valence-electron chi connectivity index (χ2n) is 7.37. The number of nitrogens with zero attached hydrogens (tertiary/aromatic N) is 3.